The van der Waals surface area contributed by atoms with E-state index in [0.717, 1.165) is 18.1 Å². The van der Waals surface area contributed by atoms with E-state index in [1.54, 1.807) is 30.5 Å². The predicted molar refractivity (Wildman–Crippen MR) is 147 cm³/mol. The van der Waals surface area contributed by atoms with E-state index in [1.807, 2.05) is 47.2 Å². The second-order valence-electron chi connectivity index (χ2n) is 8.86. The van der Waals surface area contributed by atoms with Crippen LogP contribution in [0.25, 0.3) is 11.0 Å². The van der Waals surface area contributed by atoms with Gasteiger partial charge >= 0.3 is 12.1 Å². The molecule has 2 aromatic heterocycles. The number of ether oxygens (including phenoxy) is 3. The molecule has 8 nitrogen and oxygen atoms in total. The number of fused-ring (bicyclic) bond motifs is 1. The summed E-state index contributed by atoms with van der Waals surface area (Å²) in [5.41, 5.74) is 3.31. The van der Waals surface area contributed by atoms with Gasteiger partial charge < -0.3 is 23.6 Å². The van der Waals surface area contributed by atoms with Gasteiger partial charge in [-0.25, -0.2) is 9.78 Å². The van der Waals surface area contributed by atoms with Gasteiger partial charge in [-0.05, 0) is 23.8 Å². The van der Waals surface area contributed by atoms with Crippen molar-refractivity contribution in [3.63, 3.8) is 0 Å². The Balaban J connectivity index is 1.39. The summed E-state index contributed by atoms with van der Waals surface area (Å²) in [6.07, 6.45) is -2.48. The first kappa shape index (κ1) is 29.9. The molecule has 0 saturated carbocycles. The number of carbonyl (C=O) groups is 1. The van der Waals surface area contributed by atoms with Gasteiger partial charge in [0.1, 0.15) is 37.4 Å². The lowest BCUT2D eigenvalue weighted by molar-refractivity contribution is -0.193. The van der Waals surface area contributed by atoms with Crippen LogP contribution in [0.4, 0.5) is 13.2 Å². The first-order chi connectivity index (χ1) is 19.7. The standard InChI is InChI=1S/C29H27ClF3N3O5/c1-38-28(37)24(41-18-29(31,32)33)16-19-8-10-21(11-9-19)40-15-14-36-13-12-22-25(30)23(17-34-27(22)36)26(35-39-2)20-6-4-3-5-7-20/h3-13,17,24H,14-16,18H2,1-2H3/b35-26-. The molecule has 0 aliphatic rings. The van der Waals surface area contributed by atoms with Crippen LogP contribution in [-0.4, -0.2) is 60.9 Å². The van der Waals surface area contributed by atoms with Crippen LogP contribution in [0.1, 0.15) is 16.7 Å². The highest BCUT2D eigenvalue weighted by Crippen LogP contribution is 2.29. The van der Waals surface area contributed by atoms with Crippen molar-refractivity contribution >= 4 is 34.3 Å². The number of aromatic nitrogens is 2. The molecule has 1 atom stereocenters. The number of benzene rings is 2. The highest BCUT2D eigenvalue weighted by molar-refractivity contribution is 6.39. The number of halogens is 4. The van der Waals surface area contributed by atoms with Crippen molar-refractivity contribution in [2.45, 2.75) is 25.2 Å². The Labute approximate surface area is 239 Å². The second-order valence-corrected chi connectivity index (χ2v) is 9.23. The van der Waals surface area contributed by atoms with Crippen LogP contribution in [0.3, 0.4) is 0 Å². The fourth-order valence-corrected chi connectivity index (χ4v) is 4.42. The summed E-state index contributed by atoms with van der Waals surface area (Å²) in [4.78, 5) is 21.5. The summed E-state index contributed by atoms with van der Waals surface area (Å²) in [7, 11) is 2.57. The normalized spacial score (nSPS) is 12.8. The topological polar surface area (TPSA) is 84.2 Å². The van der Waals surface area contributed by atoms with Crippen LogP contribution < -0.4 is 4.74 Å². The SMILES string of the molecule is CO/N=C(/c1ccccc1)c1cnc2c(ccn2CCOc2ccc(CC(OCC(F)(F)F)C(=O)OC)cc2)c1Cl. The summed E-state index contributed by atoms with van der Waals surface area (Å²) in [5.74, 6) is -0.329. The number of hydrogen-bond donors (Lipinski definition) is 0. The van der Waals surface area contributed by atoms with Crippen molar-refractivity contribution in [1.29, 1.82) is 0 Å². The van der Waals surface area contributed by atoms with E-state index in [4.69, 9.17) is 25.9 Å². The average molecular weight is 590 g/mol. The molecule has 216 valence electrons. The minimum absolute atomic E-state index is 0.0755. The van der Waals surface area contributed by atoms with Crippen LogP contribution in [0.15, 0.2) is 78.2 Å². The van der Waals surface area contributed by atoms with Crippen molar-refractivity contribution < 1.29 is 37.0 Å². The van der Waals surface area contributed by atoms with Gasteiger partial charge in [-0.15, -0.1) is 0 Å². The van der Waals surface area contributed by atoms with Crippen LogP contribution in [0.2, 0.25) is 5.02 Å². The lowest BCUT2D eigenvalue weighted by atomic mass is 10.0. The van der Waals surface area contributed by atoms with Gasteiger partial charge in [0.15, 0.2) is 6.10 Å². The van der Waals surface area contributed by atoms with Gasteiger partial charge in [0, 0.05) is 35.3 Å². The molecule has 2 aromatic carbocycles. The Hall–Kier alpha value is -4.09. The van der Waals surface area contributed by atoms with E-state index >= 15 is 0 Å². The third-order valence-corrected chi connectivity index (χ3v) is 6.47. The molecule has 0 saturated heterocycles. The molecule has 0 aliphatic heterocycles. The van der Waals surface area contributed by atoms with E-state index in [-0.39, 0.29) is 6.42 Å². The Morgan fingerprint density at radius 2 is 1.80 bits per heavy atom. The smallest absolute Gasteiger partial charge is 0.411 e. The van der Waals surface area contributed by atoms with Crippen molar-refractivity contribution in [2.24, 2.45) is 5.16 Å². The number of carbonyl (C=O) groups excluding carboxylic acids is 1. The average Bonchev–Trinajstić information content (AvgIpc) is 3.38. The Morgan fingerprint density at radius 1 is 1.07 bits per heavy atom. The third kappa shape index (κ3) is 7.77. The van der Waals surface area contributed by atoms with Crippen LogP contribution in [0, 0.1) is 0 Å². The molecule has 0 radical (unpaired) electrons. The summed E-state index contributed by atoms with van der Waals surface area (Å²) < 4.78 is 54.6. The molecule has 12 heteroatoms. The molecule has 0 amide bonds. The Morgan fingerprint density at radius 3 is 2.46 bits per heavy atom. The summed E-state index contributed by atoms with van der Waals surface area (Å²) in [5, 5.41) is 5.41. The number of methoxy groups -OCH3 is 1. The number of hydrogen-bond acceptors (Lipinski definition) is 7. The highest BCUT2D eigenvalue weighted by Gasteiger charge is 2.32. The monoisotopic (exact) mass is 589 g/mol. The highest BCUT2D eigenvalue weighted by atomic mass is 35.5. The quantitative estimate of drug-likeness (QED) is 0.117. The molecule has 0 spiro atoms. The first-order valence-electron chi connectivity index (χ1n) is 12.5. The van der Waals surface area contributed by atoms with Gasteiger partial charge in [-0.2, -0.15) is 13.2 Å². The van der Waals surface area contributed by atoms with E-state index in [1.165, 1.54) is 7.11 Å². The molecular weight excluding hydrogens is 563 g/mol. The van der Waals surface area contributed by atoms with Gasteiger partial charge in [-0.1, -0.05) is 59.2 Å². The van der Waals surface area contributed by atoms with Crippen molar-refractivity contribution in [1.82, 2.24) is 9.55 Å². The van der Waals surface area contributed by atoms with E-state index in [0.29, 0.717) is 46.4 Å². The molecule has 2 heterocycles. The molecule has 41 heavy (non-hydrogen) atoms. The Kier molecular flexibility index (Phi) is 9.85. The minimum atomic E-state index is -4.55. The van der Waals surface area contributed by atoms with Gasteiger partial charge in [0.2, 0.25) is 0 Å². The maximum atomic E-state index is 12.5. The van der Waals surface area contributed by atoms with Crippen molar-refractivity contribution in [3.8, 4) is 5.75 Å². The van der Waals surface area contributed by atoms with Gasteiger partial charge in [-0.3, -0.25) is 0 Å². The van der Waals surface area contributed by atoms with Crippen molar-refractivity contribution in [2.75, 3.05) is 27.4 Å². The minimum Gasteiger partial charge on any atom is -0.492 e. The van der Waals surface area contributed by atoms with Crippen molar-refractivity contribution in [3.05, 3.63) is 94.8 Å². The third-order valence-electron chi connectivity index (χ3n) is 6.07. The zero-order valence-corrected chi connectivity index (χ0v) is 23.0. The molecule has 4 aromatic rings. The molecule has 0 bridgehead atoms. The van der Waals surface area contributed by atoms with Crippen LogP contribution in [-0.2, 0) is 32.1 Å². The first-order valence-corrected chi connectivity index (χ1v) is 12.9. The predicted octanol–water partition coefficient (Wildman–Crippen LogP) is 5.83. The molecule has 1 unspecified atom stereocenters. The number of esters is 1. The van der Waals surface area contributed by atoms with E-state index in [9.17, 15) is 18.0 Å². The number of pyridine rings is 1. The maximum Gasteiger partial charge on any atom is 0.411 e. The number of alkyl halides is 3. The number of oxime groups is 1. The lowest BCUT2D eigenvalue weighted by Crippen LogP contribution is -2.32. The summed E-state index contributed by atoms with van der Waals surface area (Å²) in [6.45, 7) is -0.760. The molecule has 0 aliphatic carbocycles. The van der Waals surface area contributed by atoms with Gasteiger partial charge in [0.05, 0.1) is 18.7 Å². The summed E-state index contributed by atoms with van der Waals surface area (Å²) >= 11 is 6.77. The van der Waals surface area contributed by atoms with Gasteiger partial charge in [0.25, 0.3) is 0 Å². The van der Waals surface area contributed by atoms with E-state index < -0.39 is 24.9 Å². The molecule has 0 fully saturated rings. The number of nitrogens with zero attached hydrogens (tertiary/aromatic N) is 3. The van der Waals surface area contributed by atoms with E-state index in [2.05, 4.69) is 14.9 Å². The fraction of sp³-hybridized carbons (Fsp3) is 0.276. The molecular formula is C29H27ClF3N3O5. The maximum absolute atomic E-state index is 12.5. The zero-order chi connectivity index (χ0) is 29.4. The second kappa shape index (κ2) is 13.5. The summed E-state index contributed by atoms with van der Waals surface area (Å²) in [6, 6.07) is 18.0. The zero-order valence-electron chi connectivity index (χ0n) is 22.2. The largest absolute Gasteiger partial charge is 0.492 e. The lowest BCUT2D eigenvalue weighted by Gasteiger charge is -2.17. The Bertz CT molecular complexity index is 1490. The fourth-order valence-electron chi connectivity index (χ4n) is 4.13. The number of rotatable bonds is 12. The van der Waals surface area contributed by atoms with Crippen LogP contribution >= 0.6 is 11.6 Å². The molecule has 4 rings (SSSR count). The van der Waals surface area contributed by atoms with Crippen LogP contribution in [0.5, 0.6) is 5.75 Å². The molecule has 0 N–H and O–H groups in total.